The van der Waals surface area contributed by atoms with Gasteiger partial charge in [-0.25, -0.2) is 4.79 Å². The first-order valence-corrected chi connectivity index (χ1v) is 35.5. The van der Waals surface area contributed by atoms with E-state index in [0.717, 1.165) is 0 Å². The Kier molecular flexibility index (Phi) is 34.4. The minimum atomic E-state index is -1.81. The highest BCUT2D eigenvalue weighted by atomic mass is 16.4. The number of carboxylic acid groups (broad SMARTS) is 2. The number of hydrogen-bond donors (Lipinski definition) is 18. The smallest absolute Gasteiger partial charge is 0.326 e. The molecule has 1 aromatic carbocycles. The van der Waals surface area contributed by atoms with Crippen LogP contribution in [0.15, 0.2) is 30.5 Å². The van der Waals surface area contributed by atoms with Crippen molar-refractivity contribution >= 4 is 111 Å². The number of nitrogens with one attached hydrogen (secondary N) is 13. The third-order valence-electron chi connectivity index (χ3n) is 17.8. The lowest BCUT2D eigenvalue weighted by atomic mass is 9.99. The molecule has 2 aromatic rings. The van der Waals surface area contributed by atoms with Crippen molar-refractivity contribution < 1.29 is 96.8 Å². The van der Waals surface area contributed by atoms with Gasteiger partial charge in [-0.3, -0.25) is 76.7 Å². The number of aliphatic hydroxyl groups is 1. The monoisotopic (exact) mass is 1490 g/mol. The summed E-state index contributed by atoms with van der Waals surface area (Å²) in [5.74, 6) is -17.2. The van der Waals surface area contributed by atoms with Crippen molar-refractivity contribution in [2.24, 2.45) is 35.1 Å². The molecular weight excluding hydrogens is 1390 g/mol. The van der Waals surface area contributed by atoms with E-state index >= 15 is 0 Å². The zero-order valence-corrected chi connectivity index (χ0v) is 62.0. The second kappa shape index (κ2) is 41.4. The summed E-state index contributed by atoms with van der Waals surface area (Å²) in [6, 6.07) is -11.8. The number of aliphatic hydroxyl groups excluding tert-OH is 1. The van der Waals surface area contributed by atoms with E-state index in [1.807, 2.05) is 13.8 Å². The molecule has 2 aliphatic rings. The molecule has 37 heteroatoms. The van der Waals surface area contributed by atoms with E-state index in [9.17, 15) is 96.8 Å². The lowest BCUT2D eigenvalue weighted by Gasteiger charge is -2.31. The van der Waals surface area contributed by atoms with E-state index in [1.54, 1.807) is 72.0 Å². The molecule has 2 fully saturated rings. The number of carbonyl (C=O) groups excluding carboxylic acids is 15. The number of likely N-dealkylation sites (tertiary alicyclic amines) is 2. The van der Waals surface area contributed by atoms with Crippen LogP contribution in [0.3, 0.4) is 0 Å². The van der Waals surface area contributed by atoms with Gasteiger partial charge in [-0.1, -0.05) is 73.6 Å². The highest BCUT2D eigenvalue weighted by Crippen LogP contribution is 2.24. The number of fused-ring (bicyclic) bond motifs is 1. The van der Waals surface area contributed by atoms with Crippen molar-refractivity contribution in [3.05, 3.63) is 36.0 Å². The Morgan fingerprint density at radius 2 is 0.972 bits per heavy atom. The van der Waals surface area contributed by atoms with Crippen molar-refractivity contribution in [2.75, 3.05) is 26.2 Å². The number of aromatic nitrogens is 1. The summed E-state index contributed by atoms with van der Waals surface area (Å²) in [5, 5.41) is 59.3. The molecule has 106 heavy (non-hydrogen) atoms. The number of carboxylic acids is 2. The molecule has 2 saturated heterocycles. The van der Waals surface area contributed by atoms with Crippen LogP contribution in [0.25, 0.3) is 10.9 Å². The maximum Gasteiger partial charge on any atom is 0.326 e. The van der Waals surface area contributed by atoms with Crippen LogP contribution < -0.4 is 75.3 Å². The molecule has 0 spiro atoms. The van der Waals surface area contributed by atoms with E-state index in [2.05, 4.69) is 68.8 Å². The lowest BCUT2D eigenvalue weighted by Crippen LogP contribution is -2.60. The third kappa shape index (κ3) is 26.7. The van der Waals surface area contributed by atoms with Crippen LogP contribution in [0.2, 0.25) is 0 Å². The minimum Gasteiger partial charge on any atom is -0.481 e. The van der Waals surface area contributed by atoms with Gasteiger partial charge in [0.25, 0.3) is 0 Å². The van der Waals surface area contributed by atoms with E-state index < -0.39 is 229 Å². The van der Waals surface area contributed by atoms with Crippen molar-refractivity contribution in [2.45, 2.75) is 232 Å². The number of carbonyl (C=O) groups is 17. The molecule has 20 N–H and O–H groups in total. The zero-order chi connectivity index (χ0) is 79.7. The SMILES string of the molecule is CC(C)C[C@H](NC(=O)[C@@H](NC(=O)[C@@H]1CCCN1C(=O)[C@H](C)NC(=O)[C@H](Cc1c[nH]c2ccccc12)NC(=O)[C@H](CCC(N)=O)NC(=O)[C@H](C)NC(=O)[C@H](C)NC(=O)CNC(=O)[C@H](CO)NC(=O)[C@@H](NC(=O)[C@@H]1CCCN1C(=O)[C@H](CC(C)C)NC(=O)[C@H](C)N)C(C)C)C(C)C)C(=O)N[C@@H](CC(=O)O)C(=O)O. The summed E-state index contributed by atoms with van der Waals surface area (Å²) >= 11 is 0. The molecule has 1 aromatic heterocycles. The van der Waals surface area contributed by atoms with Gasteiger partial charge < -0.3 is 105 Å². The molecule has 37 nitrogen and oxygen atoms in total. The van der Waals surface area contributed by atoms with E-state index in [0.29, 0.717) is 29.3 Å². The summed E-state index contributed by atoms with van der Waals surface area (Å²) < 4.78 is 0. The second-order valence-corrected chi connectivity index (χ2v) is 28.4. The molecule has 588 valence electrons. The zero-order valence-electron chi connectivity index (χ0n) is 62.0. The molecule has 0 radical (unpaired) electrons. The van der Waals surface area contributed by atoms with E-state index in [4.69, 9.17) is 11.5 Å². The Labute approximate surface area is 613 Å². The van der Waals surface area contributed by atoms with Gasteiger partial charge >= 0.3 is 11.9 Å². The van der Waals surface area contributed by atoms with Gasteiger partial charge in [-0.2, -0.15) is 0 Å². The molecule has 0 saturated carbocycles. The van der Waals surface area contributed by atoms with Gasteiger partial charge in [0.1, 0.15) is 78.5 Å². The van der Waals surface area contributed by atoms with Crippen LogP contribution in [0, 0.1) is 23.7 Å². The summed E-state index contributed by atoms with van der Waals surface area (Å²) in [6.07, 6.45) is 0.944. The van der Waals surface area contributed by atoms with Gasteiger partial charge in [0.05, 0.1) is 25.6 Å². The van der Waals surface area contributed by atoms with Crippen LogP contribution in [0.5, 0.6) is 0 Å². The summed E-state index contributed by atoms with van der Waals surface area (Å²) in [7, 11) is 0. The summed E-state index contributed by atoms with van der Waals surface area (Å²) in [6.45, 7) is 17.4. The van der Waals surface area contributed by atoms with Gasteiger partial charge in [0, 0.05) is 43.0 Å². The molecule has 0 unspecified atom stereocenters. The largest absolute Gasteiger partial charge is 0.481 e. The Morgan fingerprint density at radius 1 is 0.509 bits per heavy atom. The fraction of sp³-hybridized carbons (Fsp3) is 0.638. The number of aliphatic carboxylic acids is 2. The summed E-state index contributed by atoms with van der Waals surface area (Å²) in [4.78, 5) is 233. The molecule has 15 amide bonds. The Hall–Kier alpha value is -10.3. The molecule has 14 atom stereocenters. The molecule has 2 aliphatic heterocycles. The second-order valence-electron chi connectivity index (χ2n) is 28.4. The van der Waals surface area contributed by atoms with Gasteiger partial charge in [0.2, 0.25) is 88.6 Å². The molecule has 0 bridgehead atoms. The van der Waals surface area contributed by atoms with Crippen LogP contribution in [0.4, 0.5) is 0 Å². The van der Waals surface area contributed by atoms with Crippen molar-refractivity contribution in [1.29, 1.82) is 0 Å². The van der Waals surface area contributed by atoms with Crippen molar-refractivity contribution in [1.82, 2.24) is 78.6 Å². The number of rotatable bonds is 41. The van der Waals surface area contributed by atoms with Crippen LogP contribution >= 0.6 is 0 Å². The topological polar surface area (TPSA) is 570 Å². The predicted molar refractivity (Wildman–Crippen MR) is 380 cm³/mol. The number of hydrogen-bond acceptors (Lipinski definition) is 19. The van der Waals surface area contributed by atoms with Crippen LogP contribution in [0.1, 0.15) is 146 Å². The molecule has 4 rings (SSSR count). The quantitative estimate of drug-likeness (QED) is 0.0300. The van der Waals surface area contributed by atoms with Crippen molar-refractivity contribution in [3.8, 4) is 0 Å². The molecular formula is C69H107N17O20. The number of aromatic amines is 1. The number of H-pyrrole nitrogens is 1. The molecule has 3 heterocycles. The number of primary amides is 1. The number of nitrogens with two attached hydrogens (primary N) is 2. The first-order chi connectivity index (χ1) is 49.6. The first-order valence-electron chi connectivity index (χ1n) is 35.5. The van der Waals surface area contributed by atoms with E-state index in [-0.39, 0.29) is 57.0 Å². The lowest BCUT2D eigenvalue weighted by molar-refractivity contribution is -0.147. The maximum absolute atomic E-state index is 14.5. The standard InChI is InChI=1S/C69H107N17O20/c1-32(2)25-44(62(98)81-47(69(105)106)28-53(90)91)79-65(101)54(34(5)6)83-63(99)49-19-15-23-85(49)67(103)39(12)76-61(97)45(27-40-29-72-42-18-14-13-17-41(40)42)78-60(96)43(21-22-51(71)88)77-58(94)38(11)75-57(93)37(10)74-52(89)30-73-59(95)48(31-87)82-66(102)55(35(7)8)84-64(100)50-20-16-24-86(50)68(104)46(26-33(3)4)80-56(92)36(9)70/h13-14,17-18,29,32-39,43-50,54-55,72,87H,15-16,19-28,30-31,70H2,1-12H3,(H2,71,88)(H,73,95)(H,74,89)(H,75,93)(H,76,97)(H,77,94)(H,78,96)(H,79,101)(H,80,92)(H,81,98)(H,82,102)(H,83,99)(H,84,100)(H,90,91)(H,105,106)/t36-,37-,38-,39-,43-,44-,45-,46-,47-,48-,49-,50-,54-,55-/m0/s1. The predicted octanol–water partition coefficient (Wildman–Crippen LogP) is -4.23. The highest BCUT2D eigenvalue weighted by Gasteiger charge is 2.43. The maximum atomic E-state index is 14.5. The Morgan fingerprint density at radius 3 is 1.49 bits per heavy atom. The fourth-order valence-electron chi connectivity index (χ4n) is 12.0. The number of para-hydroxylation sites is 1. The average molecular weight is 1490 g/mol. The number of nitrogens with zero attached hydrogens (tertiary/aromatic N) is 2. The number of amides is 15. The van der Waals surface area contributed by atoms with Gasteiger partial charge in [-0.15, -0.1) is 0 Å². The van der Waals surface area contributed by atoms with E-state index in [1.165, 1.54) is 37.5 Å². The van der Waals surface area contributed by atoms with Crippen molar-refractivity contribution in [3.63, 3.8) is 0 Å². The number of benzene rings is 1. The average Bonchev–Trinajstić information content (AvgIpc) is 1.64. The summed E-state index contributed by atoms with van der Waals surface area (Å²) in [5.41, 5.74) is 12.4. The Balaban J connectivity index is 1.41. The van der Waals surface area contributed by atoms with Gasteiger partial charge in [0.15, 0.2) is 0 Å². The molecule has 0 aliphatic carbocycles. The first kappa shape index (κ1) is 88.1. The third-order valence-corrected chi connectivity index (χ3v) is 17.8. The van der Waals surface area contributed by atoms with Gasteiger partial charge in [-0.05, 0) is 108 Å². The minimum absolute atomic E-state index is 0.00143. The van der Waals surface area contributed by atoms with Crippen LogP contribution in [-0.4, -0.2) is 241 Å². The fourth-order valence-corrected chi connectivity index (χ4v) is 12.0. The van der Waals surface area contributed by atoms with Crippen LogP contribution in [-0.2, 0) is 87.9 Å². The normalized spacial score (nSPS) is 17.6. The highest BCUT2D eigenvalue weighted by molar-refractivity contribution is 6.01. The Bertz CT molecular complexity index is 3520.